The summed E-state index contributed by atoms with van der Waals surface area (Å²) < 4.78 is 0. The van der Waals surface area contributed by atoms with Gasteiger partial charge in [0.2, 0.25) is 5.91 Å². The van der Waals surface area contributed by atoms with E-state index in [-0.39, 0.29) is 0 Å². The predicted molar refractivity (Wildman–Crippen MR) is 97.5 cm³/mol. The van der Waals surface area contributed by atoms with Gasteiger partial charge in [-0.3, -0.25) is 9.78 Å². The molecular weight excluding hydrogens is 298 g/mol. The molecule has 1 aromatic heterocycles. The van der Waals surface area contributed by atoms with E-state index in [1.807, 2.05) is 60.8 Å². The number of fused-ring (bicyclic) bond motifs is 2. The molecular formula is C20H15N3O. The number of primary amides is 1. The zero-order valence-electron chi connectivity index (χ0n) is 12.9. The Morgan fingerprint density at radius 2 is 1.62 bits per heavy atom. The molecule has 116 valence electrons. The summed E-state index contributed by atoms with van der Waals surface area (Å²) >= 11 is 0. The van der Waals surface area contributed by atoms with Gasteiger partial charge in [0.25, 0.3) is 0 Å². The summed E-state index contributed by atoms with van der Waals surface area (Å²) in [6.45, 7) is 0. The zero-order chi connectivity index (χ0) is 16.5. The Labute approximate surface area is 138 Å². The van der Waals surface area contributed by atoms with Crippen LogP contribution in [0.15, 0.2) is 72.9 Å². The van der Waals surface area contributed by atoms with Gasteiger partial charge < -0.3 is 11.1 Å². The van der Waals surface area contributed by atoms with Crippen LogP contribution >= 0.6 is 0 Å². The van der Waals surface area contributed by atoms with Gasteiger partial charge in [-0.1, -0.05) is 30.3 Å². The maximum Gasteiger partial charge on any atom is 0.248 e. The van der Waals surface area contributed by atoms with Crippen molar-refractivity contribution in [2.24, 2.45) is 5.73 Å². The second kappa shape index (κ2) is 5.66. The molecule has 3 N–H and O–H groups in total. The number of aromatic nitrogens is 1. The van der Waals surface area contributed by atoms with E-state index in [9.17, 15) is 4.79 Å². The lowest BCUT2D eigenvalue weighted by Crippen LogP contribution is -2.10. The molecule has 1 amide bonds. The fourth-order valence-electron chi connectivity index (χ4n) is 2.78. The molecule has 0 aliphatic carbocycles. The minimum atomic E-state index is -0.422. The van der Waals surface area contributed by atoms with Crippen LogP contribution in [0, 0.1) is 0 Å². The molecule has 0 aliphatic heterocycles. The van der Waals surface area contributed by atoms with Crippen molar-refractivity contribution < 1.29 is 4.79 Å². The van der Waals surface area contributed by atoms with Crippen LogP contribution in [0.3, 0.4) is 0 Å². The van der Waals surface area contributed by atoms with Crippen LogP contribution in [-0.4, -0.2) is 10.9 Å². The maximum atomic E-state index is 11.3. The molecule has 0 spiro atoms. The van der Waals surface area contributed by atoms with Crippen LogP contribution in [-0.2, 0) is 0 Å². The summed E-state index contributed by atoms with van der Waals surface area (Å²) in [4.78, 5) is 15.8. The quantitative estimate of drug-likeness (QED) is 0.594. The van der Waals surface area contributed by atoms with E-state index in [1.54, 1.807) is 6.07 Å². The summed E-state index contributed by atoms with van der Waals surface area (Å²) in [5.74, 6) is -0.422. The van der Waals surface area contributed by atoms with E-state index in [4.69, 9.17) is 5.73 Å². The monoisotopic (exact) mass is 313 g/mol. The third-order valence-electron chi connectivity index (χ3n) is 4.00. The summed E-state index contributed by atoms with van der Waals surface area (Å²) in [6, 6.07) is 21.5. The number of amides is 1. The maximum absolute atomic E-state index is 11.3. The normalized spacial score (nSPS) is 10.8. The average molecular weight is 313 g/mol. The number of para-hydroxylation sites is 1. The smallest absolute Gasteiger partial charge is 0.248 e. The number of carbonyl (C=O) groups is 1. The van der Waals surface area contributed by atoms with E-state index in [1.165, 1.54) is 0 Å². The fourth-order valence-corrected chi connectivity index (χ4v) is 2.78. The molecule has 0 atom stereocenters. The Hall–Kier alpha value is -3.40. The number of anilines is 2. The first kappa shape index (κ1) is 14.2. The van der Waals surface area contributed by atoms with Gasteiger partial charge in [-0.2, -0.15) is 0 Å². The number of hydrogen-bond acceptors (Lipinski definition) is 3. The molecule has 0 bridgehead atoms. The van der Waals surface area contributed by atoms with Crippen molar-refractivity contribution >= 4 is 39.0 Å². The van der Waals surface area contributed by atoms with Gasteiger partial charge in [0.15, 0.2) is 0 Å². The highest BCUT2D eigenvalue weighted by molar-refractivity contribution is 5.98. The number of carbonyl (C=O) groups excluding carboxylic acids is 1. The standard InChI is InChI=1S/C20H15N3O/c21-20(24)15-6-5-13-7-8-17(11-16(13)9-15)23-18-10-14-3-1-2-4-19(14)22-12-18/h1-12,23H,(H2,21,24). The Kier molecular flexibility index (Phi) is 3.35. The molecule has 24 heavy (non-hydrogen) atoms. The van der Waals surface area contributed by atoms with Gasteiger partial charge in [-0.05, 0) is 47.2 Å². The number of nitrogens with one attached hydrogen (secondary N) is 1. The van der Waals surface area contributed by atoms with Gasteiger partial charge in [0, 0.05) is 16.6 Å². The first-order valence-electron chi connectivity index (χ1n) is 7.64. The Morgan fingerprint density at radius 3 is 2.50 bits per heavy atom. The number of rotatable bonds is 3. The van der Waals surface area contributed by atoms with Gasteiger partial charge >= 0.3 is 0 Å². The van der Waals surface area contributed by atoms with E-state index in [0.29, 0.717) is 5.56 Å². The van der Waals surface area contributed by atoms with Gasteiger partial charge in [-0.25, -0.2) is 0 Å². The Balaban J connectivity index is 1.71. The molecule has 1 heterocycles. The average Bonchev–Trinajstić information content (AvgIpc) is 2.61. The van der Waals surface area contributed by atoms with E-state index in [0.717, 1.165) is 33.1 Å². The van der Waals surface area contributed by atoms with Crippen molar-refractivity contribution in [2.75, 3.05) is 5.32 Å². The minimum absolute atomic E-state index is 0.422. The number of benzene rings is 3. The molecule has 3 aromatic carbocycles. The SMILES string of the molecule is NC(=O)c1ccc2ccc(Nc3cnc4ccccc4c3)cc2c1. The van der Waals surface area contributed by atoms with Crippen LogP contribution < -0.4 is 11.1 Å². The van der Waals surface area contributed by atoms with Crippen LogP contribution in [0.4, 0.5) is 11.4 Å². The van der Waals surface area contributed by atoms with Crippen molar-refractivity contribution in [3.05, 3.63) is 78.5 Å². The lowest BCUT2D eigenvalue weighted by Gasteiger charge is -2.09. The molecule has 0 aliphatic rings. The molecule has 0 radical (unpaired) electrons. The van der Waals surface area contributed by atoms with Crippen molar-refractivity contribution in [3.8, 4) is 0 Å². The van der Waals surface area contributed by atoms with Crippen molar-refractivity contribution in [2.45, 2.75) is 0 Å². The molecule has 4 rings (SSSR count). The first-order chi connectivity index (χ1) is 11.7. The summed E-state index contributed by atoms with van der Waals surface area (Å²) in [6.07, 6.45) is 1.81. The van der Waals surface area contributed by atoms with Crippen molar-refractivity contribution in [1.29, 1.82) is 0 Å². The largest absolute Gasteiger partial charge is 0.366 e. The van der Waals surface area contributed by atoms with Gasteiger partial charge in [0.05, 0.1) is 17.4 Å². The van der Waals surface area contributed by atoms with Crippen molar-refractivity contribution in [1.82, 2.24) is 4.98 Å². The summed E-state index contributed by atoms with van der Waals surface area (Å²) in [5.41, 5.74) is 8.68. The minimum Gasteiger partial charge on any atom is -0.366 e. The van der Waals surface area contributed by atoms with Crippen molar-refractivity contribution in [3.63, 3.8) is 0 Å². The number of nitrogens with zero attached hydrogens (tertiary/aromatic N) is 1. The Morgan fingerprint density at radius 1 is 0.833 bits per heavy atom. The fraction of sp³-hybridized carbons (Fsp3) is 0. The molecule has 0 saturated heterocycles. The summed E-state index contributed by atoms with van der Waals surface area (Å²) in [5, 5.41) is 6.46. The van der Waals surface area contributed by atoms with E-state index < -0.39 is 5.91 Å². The van der Waals surface area contributed by atoms with Gasteiger partial charge in [0.1, 0.15) is 0 Å². The highest BCUT2D eigenvalue weighted by atomic mass is 16.1. The molecule has 0 unspecified atom stereocenters. The van der Waals surface area contributed by atoms with Crippen LogP contribution in [0.5, 0.6) is 0 Å². The molecule has 4 aromatic rings. The Bertz CT molecular complexity index is 1070. The third kappa shape index (κ3) is 2.65. The lowest BCUT2D eigenvalue weighted by atomic mass is 10.1. The number of hydrogen-bond donors (Lipinski definition) is 2. The van der Waals surface area contributed by atoms with Crippen LogP contribution in [0.2, 0.25) is 0 Å². The molecule has 0 saturated carbocycles. The van der Waals surface area contributed by atoms with Crippen LogP contribution in [0.25, 0.3) is 21.7 Å². The highest BCUT2D eigenvalue weighted by Gasteiger charge is 2.04. The first-order valence-corrected chi connectivity index (χ1v) is 7.64. The topological polar surface area (TPSA) is 68.0 Å². The molecule has 0 fully saturated rings. The predicted octanol–water partition coefficient (Wildman–Crippen LogP) is 4.23. The third-order valence-corrected chi connectivity index (χ3v) is 4.00. The van der Waals surface area contributed by atoms with E-state index >= 15 is 0 Å². The number of nitrogens with two attached hydrogens (primary N) is 1. The zero-order valence-corrected chi connectivity index (χ0v) is 12.9. The number of pyridine rings is 1. The van der Waals surface area contributed by atoms with Crippen LogP contribution in [0.1, 0.15) is 10.4 Å². The molecule has 4 nitrogen and oxygen atoms in total. The second-order valence-electron chi connectivity index (χ2n) is 5.68. The highest BCUT2D eigenvalue weighted by Crippen LogP contribution is 2.24. The molecule has 4 heteroatoms. The summed E-state index contributed by atoms with van der Waals surface area (Å²) in [7, 11) is 0. The lowest BCUT2D eigenvalue weighted by molar-refractivity contribution is 0.100. The second-order valence-corrected chi connectivity index (χ2v) is 5.68. The van der Waals surface area contributed by atoms with Gasteiger partial charge in [-0.15, -0.1) is 0 Å². The van der Waals surface area contributed by atoms with E-state index in [2.05, 4.69) is 16.4 Å².